The van der Waals surface area contributed by atoms with E-state index in [4.69, 9.17) is 17.3 Å². The lowest BCUT2D eigenvalue weighted by Gasteiger charge is -2.21. The zero-order chi connectivity index (χ0) is 16.1. The summed E-state index contributed by atoms with van der Waals surface area (Å²) in [5, 5.41) is 3.70. The van der Waals surface area contributed by atoms with E-state index in [9.17, 15) is 4.79 Å². The molecule has 0 aromatic heterocycles. The van der Waals surface area contributed by atoms with E-state index in [0.717, 1.165) is 15.6 Å². The first-order chi connectivity index (χ1) is 10.5. The zero-order valence-electron chi connectivity index (χ0n) is 12.2. The van der Waals surface area contributed by atoms with Crippen LogP contribution in [-0.4, -0.2) is 11.9 Å². The van der Waals surface area contributed by atoms with Crippen molar-refractivity contribution in [1.82, 2.24) is 5.32 Å². The molecule has 5 heteroatoms. The van der Waals surface area contributed by atoms with Crippen LogP contribution in [0.2, 0.25) is 5.02 Å². The molecule has 0 aliphatic heterocycles. The molecule has 2 aromatic carbocycles. The summed E-state index contributed by atoms with van der Waals surface area (Å²) in [4.78, 5) is 12.0. The minimum Gasteiger partial charge on any atom is -0.348 e. The van der Waals surface area contributed by atoms with Crippen LogP contribution in [0.15, 0.2) is 53.0 Å². The van der Waals surface area contributed by atoms with E-state index in [1.165, 1.54) is 0 Å². The van der Waals surface area contributed by atoms with Crippen LogP contribution in [0.25, 0.3) is 0 Å². The number of carbonyl (C=O) groups excluding carboxylic acids is 1. The Morgan fingerprint density at radius 3 is 2.32 bits per heavy atom. The monoisotopic (exact) mass is 380 g/mol. The standard InChI is InChI=1S/C17H18BrClN2O/c1-11(20)17(22)21-16(13-4-6-14(18)7-5-13)10-12-2-8-15(19)9-3-12/h2-9,11,16H,10,20H2,1H3,(H,21,22). The number of hydrogen-bond donors (Lipinski definition) is 2. The van der Waals surface area contributed by atoms with Gasteiger partial charge in [0.1, 0.15) is 0 Å². The summed E-state index contributed by atoms with van der Waals surface area (Å²) in [7, 11) is 0. The van der Waals surface area contributed by atoms with E-state index in [-0.39, 0.29) is 11.9 Å². The molecular formula is C17H18BrClN2O. The van der Waals surface area contributed by atoms with E-state index < -0.39 is 6.04 Å². The quantitative estimate of drug-likeness (QED) is 0.826. The summed E-state index contributed by atoms with van der Waals surface area (Å²) in [5.74, 6) is -0.165. The Kier molecular flexibility index (Phi) is 6.00. The topological polar surface area (TPSA) is 55.1 Å². The molecular weight excluding hydrogens is 364 g/mol. The highest BCUT2D eigenvalue weighted by Gasteiger charge is 2.17. The van der Waals surface area contributed by atoms with E-state index in [1.807, 2.05) is 48.5 Å². The van der Waals surface area contributed by atoms with E-state index in [2.05, 4.69) is 21.2 Å². The van der Waals surface area contributed by atoms with Crippen LogP contribution >= 0.6 is 27.5 Å². The molecule has 2 rings (SSSR count). The third-order valence-electron chi connectivity index (χ3n) is 3.36. The molecule has 0 saturated heterocycles. The first kappa shape index (κ1) is 17.0. The molecule has 1 amide bonds. The average molecular weight is 382 g/mol. The maximum absolute atomic E-state index is 12.0. The van der Waals surface area contributed by atoms with Gasteiger partial charge in [-0.3, -0.25) is 4.79 Å². The number of halogens is 2. The zero-order valence-corrected chi connectivity index (χ0v) is 14.6. The normalized spacial score (nSPS) is 13.5. The summed E-state index contributed by atoms with van der Waals surface area (Å²) in [6, 6.07) is 14.9. The van der Waals surface area contributed by atoms with Gasteiger partial charge in [0.15, 0.2) is 0 Å². The number of amides is 1. The van der Waals surface area contributed by atoms with E-state index in [1.54, 1.807) is 6.92 Å². The molecule has 3 N–H and O–H groups in total. The van der Waals surface area contributed by atoms with Gasteiger partial charge in [-0.25, -0.2) is 0 Å². The minimum atomic E-state index is -0.539. The van der Waals surface area contributed by atoms with Gasteiger partial charge in [0.2, 0.25) is 5.91 Å². The fourth-order valence-corrected chi connectivity index (χ4v) is 2.50. The van der Waals surface area contributed by atoms with Crippen LogP contribution in [0, 0.1) is 0 Å². The molecule has 0 aliphatic carbocycles. The Labute approximate surface area is 144 Å². The molecule has 0 fully saturated rings. The predicted octanol–water partition coefficient (Wildman–Crippen LogP) is 3.85. The molecule has 0 spiro atoms. The number of nitrogens with one attached hydrogen (secondary N) is 1. The lowest BCUT2D eigenvalue weighted by Crippen LogP contribution is -2.40. The lowest BCUT2D eigenvalue weighted by atomic mass is 9.98. The largest absolute Gasteiger partial charge is 0.348 e. The maximum atomic E-state index is 12.0. The number of carbonyl (C=O) groups is 1. The Balaban J connectivity index is 2.22. The second-order valence-electron chi connectivity index (χ2n) is 5.23. The predicted molar refractivity (Wildman–Crippen MR) is 93.8 cm³/mol. The second kappa shape index (κ2) is 7.77. The van der Waals surface area contributed by atoms with Crippen molar-refractivity contribution >= 4 is 33.4 Å². The first-order valence-corrected chi connectivity index (χ1v) is 8.18. The molecule has 22 heavy (non-hydrogen) atoms. The molecule has 0 bridgehead atoms. The van der Waals surface area contributed by atoms with Gasteiger partial charge in [0.25, 0.3) is 0 Å². The SMILES string of the molecule is CC(N)C(=O)NC(Cc1ccc(Cl)cc1)c1ccc(Br)cc1. The van der Waals surface area contributed by atoms with Crippen LogP contribution in [-0.2, 0) is 11.2 Å². The molecule has 116 valence electrons. The highest BCUT2D eigenvalue weighted by atomic mass is 79.9. The van der Waals surface area contributed by atoms with Crippen molar-refractivity contribution in [2.45, 2.75) is 25.4 Å². The maximum Gasteiger partial charge on any atom is 0.237 e. The third-order valence-corrected chi connectivity index (χ3v) is 4.14. The fraction of sp³-hybridized carbons (Fsp3) is 0.235. The van der Waals surface area contributed by atoms with Crippen molar-refractivity contribution in [3.8, 4) is 0 Å². The van der Waals surface area contributed by atoms with Gasteiger partial charge < -0.3 is 11.1 Å². The summed E-state index contributed by atoms with van der Waals surface area (Å²) in [6.07, 6.45) is 0.678. The number of nitrogens with two attached hydrogens (primary N) is 1. The summed E-state index contributed by atoms with van der Waals surface area (Å²) < 4.78 is 1.00. The van der Waals surface area contributed by atoms with E-state index >= 15 is 0 Å². The van der Waals surface area contributed by atoms with Gasteiger partial charge in [0, 0.05) is 9.50 Å². The molecule has 0 radical (unpaired) electrons. The van der Waals surface area contributed by atoms with Crippen molar-refractivity contribution in [1.29, 1.82) is 0 Å². The molecule has 2 atom stereocenters. The highest BCUT2D eigenvalue weighted by molar-refractivity contribution is 9.10. The van der Waals surface area contributed by atoms with Crippen LogP contribution in [0.5, 0.6) is 0 Å². The van der Waals surface area contributed by atoms with Crippen molar-refractivity contribution in [3.05, 3.63) is 69.2 Å². The van der Waals surface area contributed by atoms with Gasteiger partial charge in [-0.2, -0.15) is 0 Å². The first-order valence-electron chi connectivity index (χ1n) is 7.01. The van der Waals surface area contributed by atoms with Crippen LogP contribution in [0.1, 0.15) is 24.1 Å². The van der Waals surface area contributed by atoms with Crippen molar-refractivity contribution in [2.24, 2.45) is 5.73 Å². The Morgan fingerprint density at radius 1 is 1.18 bits per heavy atom. The van der Waals surface area contributed by atoms with Crippen molar-refractivity contribution < 1.29 is 4.79 Å². The summed E-state index contributed by atoms with van der Waals surface area (Å²) in [6.45, 7) is 1.68. The van der Waals surface area contributed by atoms with Gasteiger partial charge in [-0.1, -0.05) is 51.8 Å². The summed E-state index contributed by atoms with van der Waals surface area (Å²) >= 11 is 9.34. The highest BCUT2D eigenvalue weighted by Crippen LogP contribution is 2.22. The van der Waals surface area contributed by atoms with Gasteiger partial charge in [-0.15, -0.1) is 0 Å². The van der Waals surface area contributed by atoms with Gasteiger partial charge in [-0.05, 0) is 48.7 Å². The third kappa shape index (κ3) is 4.83. The van der Waals surface area contributed by atoms with Crippen LogP contribution in [0.3, 0.4) is 0 Å². The molecule has 2 aromatic rings. The molecule has 3 nitrogen and oxygen atoms in total. The van der Waals surface area contributed by atoms with Crippen LogP contribution in [0.4, 0.5) is 0 Å². The van der Waals surface area contributed by atoms with Crippen molar-refractivity contribution in [2.75, 3.05) is 0 Å². The average Bonchev–Trinajstić information content (AvgIpc) is 2.49. The number of hydrogen-bond acceptors (Lipinski definition) is 2. The Bertz CT molecular complexity index is 626. The second-order valence-corrected chi connectivity index (χ2v) is 6.58. The Morgan fingerprint density at radius 2 is 1.77 bits per heavy atom. The Hall–Kier alpha value is -1.36. The molecule has 2 unspecified atom stereocenters. The van der Waals surface area contributed by atoms with Gasteiger partial charge >= 0.3 is 0 Å². The molecule has 0 aliphatic rings. The number of rotatable bonds is 5. The van der Waals surface area contributed by atoms with Gasteiger partial charge in [0.05, 0.1) is 12.1 Å². The molecule has 0 heterocycles. The smallest absolute Gasteiger partial charge is 0.237 e. The minimum absolute atomic E-state index is 0.132. The van der Waals surface area contributed by atoms with Crippen LogP contribution < -0.4 is 11.1 Å². The summed E-state index contributed by atoms with van der Waals surface area (Å²) in [5.41, 5.74) is 7.80. The lowest BCUT2D eigenvalue weighted by molar-refractivity contribution is -0.122. The van der Waals surface area contributed by atoms with E-state index in [0.29, 0.717) is 11.4 Å². The fourth-order valence-electron chi connectivity index (χ4n) is 2.11. The molecule has 0 saturated carbocycles. The number of benzene rings is 2. The van der Waals surface area contributed by atoms with Crippen molar-refractivity contribution in [3.63, 3.8) is 0 Å².